The number of rotatable bonds is 10. The number of thiophene rings is 1. The Labute approximate surface area is 308 Å². The van der Waals surface area contributed by atoms with Crippen molar-refractivity contribution in [2.24, 2.45) is 0 Å². The smallest absolute Gasteiger partial charge is 0.255 e. The minimum absolute atomic E-state index is 0.100. The second-order valence-corrected chi connectivity index (χ2v) is 14.5. The van der Waals surface area contributed by atoms with Gasteiger partial charge in [-0.1, -0.05) is 6.07 Å². The quantitative estimate of drug-likeness (QED) is 0.120. The van der Waals surface area contributed by atoms with E-state index in [4.69, 9.17) is 9.47 Å². The summed E-state index contributed by atoms with van der Waals surface area (Å²) in [5, 5.41) is 13.1. The molecule has 3 amide bonds. The third-order valence-corrected chi connectivity index (χ3v) is 11.2. The van der Waals surface area contributed by atoms with Gasteiger partial charge in [-0.25, -0.2) is 8.78 Å². The third-order valence-electron chi connectivity index (χ3n) is 9.99. The van der Waals surface area contributed by atoms with Gasteiger partial charge in [-0.15, -0.1) is 11.3 Å². The number of nitrogens with one attached hydrogen (secondary N) is 1. The standard InChI is InChI=1S/C40H36F2N4O6S/c41-32-11-2-24(21-33(32)42)38-37(31-10-4-27(47)22-35(31)53-38)52-29-7-5-28(6-8-29)51-19-1-14-44-15-17-45(18-16-44)26-3-9-30-25(20-26)23-46(40(30)50)34-12-13-36(48)43-39(34)49/h2-11,20-22,34,47H,1,12-19,23H2,(H,43,48,49). The Morgan fingerprint density at radius 2 is 1.66 bits per heavy atom. The average Bonchev–Trinajstić information content (AvgIpc) is 3.68. The second-order valence-electron chi connectivity index (χ2n) is 13.4. The van der Waals surface area contributed by atoms with E-state index in [1.807, 2.05) is 24.3 Å². The number of nitrogens with zero attached hydrogens (tertiary/aromatic N) is 3. The molecule has 10 nitrogen and oxygen atoms in total. The van der Waals surface area contributed by atoms with Crippen LogP contribution in [-0.4, -0.2) is 78.0 Å². The molecule has 272 valence electrons. The molecule has 1 atom stereocenters. The van der Waals surface area contributed by atoms with Crippen LogP contribution < -0.4 is 19.7 Å². The second kappa shape index (κ2) is 14.5. The van der Waals surface area contributed by atoms with Crippen LogP contribution in [0.15, 0.2) is 78.9 Å². The van der Waals surface area contributed by atoms with Gasteiger partial charge in [-0.3, -0.25) is 24.6 Å². The SMILES string of the molecule is O=C1CCC(N2Cc3cc(N4CCN(CCCOc5ccc(Oc6c(-c7ccc(F)c(F)c7)sc7cc(O)ccc67)cc5)CC4)ccc3C2=O)C(=O)N1. The predicted molar refractivity (Wildman–Crippen MR) is 197 cm³/mol. The fourth-order valence-corrected chi connectivity index (χ4v) is 8.34. The van der Waals surface area contributed by atoms with E-state index >= 15 is 0 Å². The van der Waals surface area contributed by atoms with E-state index < -0.39 is 23.6 Å². The Bertz CT molecular complexity index is 2220. The number of anilines is 1. The number of halogens is 2. The zero-order chi connectivity index (χ0) is 36.6. The van der Waals surface area contributed by atoms with Gasteiger partial charge in [-0.05, 0) is 96.8 Å². The number of carbonyl (C=O) groups is 3. The fourth-order valence-electron chi connectivity index (χ4n) is 7.18. The molecule has 53 heavy (non-hydrogen) atoms. The molecule has 3 aliphatic heterocycles. The van der Waals surface area contributed by atoms with Crippen molar-refractivity contribution in [3.8, 4) is 33.4 Å². The number of ether oxygens (including phenoxy) is 2. The average molecular weight is 739 g/mol. The summed E-state index contributed by atoms with van der Waals surface area (Å²) in [6.07, 6.45) is 1.43. The van der Waals surface area contributed by atoms with E-state index in [-0.39, 0.29) is 24.0 Å². The predicted octanol–water partition coefficient (Wildman–Crippen LogP) is 6.70. The number of imide groups is 1. The van der Waals surface area contributed by atoms with Crippen LogP contribution in [0.2, 0.25) is 0 Å². The first kappa shape index (κ1) is 34.6. The van der Waals surface area contributed by atoms with Crippen LogP contribution in [0, 0.1) is 11.6 Å². The molecule has 0 spiro atoms. The number of carbonyl (C=O) groups excluding carboxylic acids is 3. The summed E-state index contributed by atoms with van der Waals surface area (Å²) in [4.78, 5) is 44.0. The number of piperidine rings is 1. The molecule has 1 aromatic heterocycles. The fraction of sp³-hybridized carbons (Fsp3) is 0.275. The van der Waals surface area contributed by atoms with E-state index in [2.05, 4.69) is 21.2 Å². The van der Waals surface area contributed by atoms with Crippen molar-refractivity contribution >= 4 is 44.8 Å². The van der Waals surface area contributed by atoms with Gasteiger partial charge in [0.15, 0.2) is 17.4 Å². The van der Waals surface area contributed by atoms with Crippen LogP contribution in [0.1, 0.15) is 35.2 Å². The van der Waals surface area contributed by atoms with Gasteiger partial charge in [0.05, 0.1) is 11.5 Å². The molecule has 3 aliphatic rings. The normalized spacial score (nSPS) is 17.7. The highest BCUT2D eigenvalue weighted by Crippen LogP contribution is 2.47. The van der Waals surface area contributed by atoms with Gasteiger partial charge < -0.3 is 24.4 Å². The van der Waals surface area contributed by atoms with Crippen LogP contribution in [0.25, 0.3) is 20.5 Å². The Morgan fingerprint density at radius 1 is 0.868 bits per heavy atom. The largest absolute Gasteiger partial charge is 0.508 e. The Kier molecular flexibility index (Phi) is 9.44. The zero-order valence-electron chi connectivity index (χ0n) is 28.6. The maximum atomic E-state index is 14.1. The highest BCUT2D eigenvalue weighted by Gasteiger charge is 2.39. The molecular weight excluding hydrogens is 703 g/mol. The van der Waals surface area contributed by atoms with Gasteiger partial charge in [0.2, 0.25) is 11.8 Å². The molecule has 2 N–H and O–H groups in total. The first-order valence-electron chi connectivity index (χ1n) is 17.6. The number of fused-ring (bicyclic) bond motifs is 2. The van der Waals surface area contributed by atoms with E-state index in [1.54, 1.807) is 35.2 Å². The summed E-state index contributed by atoms with van der Waals surface area (Å²) < 4.78 is 40.9. The molecule has 2 saturated heterocycles. The number of piperazine rings is 1. The number of phenols is 1. The molecule has 5 aromatic rings. The number of aromatic hydroxyl groups is 1. The van der Waals surface area contributed by atoms with Crippen molar-refractivity contribution in [2.75, 3.05) is 44.2 Å². The van der Waals surface area contributed by atoms with Crippen molar-refractivity contribution in [3.05, 3.63) is 102 Å². The Balaban J connectivity index is 0.817. The lowest BCUT2D eigenvalue weighted by atomic mass is 10.0. The summed E-state index contributed by atoms with van der Waals surface area (Å²) in [6.45, 7) is 5.29. The van der Waals surface area contributed by atoms with Crippen molar-refractivity contribution in [2.45, 2.75) is 31.8 Å². The minimum Gasteiger partial charge on any atom is -0.508 e. The topological polar surface area (TPSA) is 112 Å². The van der Waals surface area contributed by atoms with Crippen molar-refractivity contribution < 1.29 is 37.7 Å². The van der Waals surface area contributed by atoms with Crippen LogP contribution in [0.3, 0.4) is 0 Å². The van der Waals surface area contributed by atoms with Crippen molar-refractivity contribution in [3.63, 3.8) is 0 Å². The zero-order valence-corrected chi connectivity index (χ0v) is 29.5. The Morgan fingerprint density at radius 3 is 2.43 bits per heavy atom. The maximum Gasteiger partial charge on any atom is 0.255 e. The summed E-state index contributed by atoms with van der Waals surface area (Å²) >= 11 is 1.32. The molecule has 2 fully saturated rings. The van der Waals surface area contributed by atoms with E-state index in [0.717, 1.165) is 72.6 Å². The van der Waals surface area contributed by atoms with E-state index in [0.29, 0.717) is 52.8 Å². The van der Waals surface area contributed by atoms with Crippen LogP contribution in [-0.2, 0) is 16.1 Å². The lowest BCUT2D eigenvalue weighted by Crippen LogP contribution is -2.52. The first-order valence-corrected chi connectivity index (χ1v) is 18.4. The highest BCUT2D eigenvalue weighted by atomic mass is 32.1. The number of amides is 3. The van der Waals surface area contributed by atoms with Crippen molar-refractivity contribution in [1.82, 2.24) is 15.1 Å². The molecule has 8 rings (SSSR count). The summed E-state index contributed by atoms with van der Waals surface area (Å²) in [6, 6.07) is 21.2. The molecular formula is C40H36F2N4O6S. The third kappa shape index (κ3) is 7.14. The Hall–Kier alpha value is -5.53. The number of phenolic OH excluding ortho intramolecular Hbond substituents is 1. The monoisotopic (exact) mass is 738 g/mol. The van der Waals surface area contributed by atoms with Gasteiger partial charge in [0.25, 0.3) is 5.91 Å². The highest BCUT2D eigenvalue weighted by molar-refractivity contribution is 7.22. The molecule has 0 radical (unpaired) electrons. The molecule has 4 heterocycles. The summed E-state index contributed by atoms with van der Waals surface area (Å²) in [5.41, 5.74) is 3.06. The molecule has 0 bridgehead atoms. The van der Waals surface area contributed by atoms with Gasteiger partial charge in [0, 0.05) is 67.0 Å². The summed E-state index contributed by atoms with van der Waals surface area (Å²) in [5.74, 6) is -0.894. The van der Waals surface area contributed by atoms with Gasteiger partial charge in [0.1, 0.15) is 23.3 Å². The molecule has 0 saturated carbocycles. The number of hydrogen-bond acceptors (Lipinski definition) is 9. The summed E-state index contributed by atoms with van der Waals surface area (Å²) in [7, 11) is 0. The molecule has 0 aliphatic carbocycles. The minimum atomic E-state index is -0.949. The lowest BCUT2D eigenvalue weighted by Gasteiger charge is -2.36. The van der Waals surface area contributed by atoms with E-state index in [1.165, 1.54) is 17.4 Å². The molecule has 4 aromatic carbocycles. The van der Waals surface area contributed by atoms with Crippen molar-refractivity contribution in [1.29, 1.82) is 0 Å². The first-order chi connectivity index (χ1) is 25.7. The van der Waals surface area contributed by atoms with Crippen LogP contribution >= 0.6 is 11.3 Å². The lowest BCUT2D eigenvalue weighted by molar-refractivity contribution is -0.136. The number of benzene rings is 4. The van der Waals surface area contributed by atoms with Crippen LogP contribution in [0.4, 0.5) is 14.5 Å². The number of hydrogen-bond donors (Lipinski definition) is 2. The maximum absolute atomic E-state index is 14.1. The molecule has 1 unspecified atom stereocenters. The van der Waals surface area contributed by atoms with Crippen LogP contribution in [0.5, 0.6) is 23.0 Å². The van der Waals surface area contributed by atoms with Gasteiger partial charge in [-0.2, -0.15) is 0 Å². The molecule has 13 heteroatoms. The van der Waals surface area contributed by atoms with E-state index in [9.17, 15) is 28.3 Å². The van der Waals surface area contributed by atoms with Gasteiger partial charge >= 0.3 is 0 Å².